The Bertz CT molecular complexity index is 1110. The molecule has 35 heavy (non-hydrogen) atoms. The average molecular weight is 637 g/mol. The van der Waals surface area contributed by atoms with E-state index in [1.807, 2.05) is 48.5 Å². The topological polar surface area (TPSA) is 31.8 Å². The summed E-state index contributed by atoms with van der Waals surface area (Å²) >= 11 is 19.6. The molecule has 8 heteroatoms. The molecule has 0 aliphatic rings. The number of alkyl halides is 2. The van der Waals surface area contributed by atoms with Gasteiger partial charge in [0.15, 0.2) is 24.8 Å². The molecule has 4 aromatic rings. The maximum absolute atomic E-state index is 5.96. The molecule has 2 aromatic carbocycles. The summed E-state index contributed by atoms with van der Waals surface area (Å²) in [7, 11) is 0. The minimum absolute atomic E-state index is 0.239. The van der Waals surface area contributed by atoms with Crippen LogP contribution in [0.15, 0.2) is 97.6 Å². The first-order valence-corrected chi connectivity index (χ1v) is 13.9. The lowest BCUT2D eigenvalue weighted by Crippen LogP contribution is -2.36. The van der Waals surface area contributed by atoms with E-state index in [0.717, 1.165) is 52.1 Å². The summed E-state index contributed by atoms with van der Waals surface area (Å²) in [5, 5.41) is 8.24. The van der Waals surface area contributed by atoms with Gasteiger partial charge in [0.25, 0.3) is 0 Å². The van der Waals surface area contributed by atoms with E-state index in [1.54, 1.807) is 0 Å². The maximum Gasteiger partial charge on any atom is 0.212 e. The molecule has 0 amide bonds. The van der Waals surface area contributed by atoms with Crippen LogP contribution in [0.2, 0.25) is 10.0 Å². The molecule has 4 nitrogen and oxygen atoms in total. The predicted molar refractivity (Wildman–Crippen MR) is 153 cm³/mol. The lowest BCUT2D eigenvalue weighted by Gasteiger charge is -2.10. The molecule has 180 valence electrons. The summed E-state index contributed by atoms with van der Waals surface area (Å²) in [4.78, 5) is 0.477. The second-order valence-electron chi connectivity index (χ2n) is 8.13. The third kappa shape index (κ3) is 7.94. The number of benzene rings is 2. The van der Waals surface area contributed by atoms with Crippen molar-refractivity contribution in [3.8, 4) is 0 Å². The van der Waals surface area contributed by atoms with Crippen LogP contribution in [0.25, 0.3) is 0 Å². The number of aromatic nitrogens is 2. The highest BCUT2D eigenvalue weighted by Gasteiger charge is 2.18. The van der Waals surface area contributed by atoms with Gasteiger partial charge in [-0.2, -0.15) is 9.13 Å². The number of nitrogens with one attached hydrogen (secondary N) is 2. The molecule has 2 unspecified atom stereocenters. The van der Waals surface area contributed by atoms with E-state index in [4.69, 9.17) is 23.2 Å². The SMILES string of the molecule is Clc1ccc(Nc2cc[n+](C(Br)CCCC(Br)[n+]3ccc(Nc4ccc(Cl)cc4)cc3)cc2)cc1. The molecule has 4 rings (SSSR count). The minimum Gasteiger partial charge on any atom is -0.355 e. The van der Waals surface area contributed by atoms with Crippen molar-refractivity contribution in [2.24, 2.45) is 0 Å². The van der Waals surface area contributed by atoms with Gasteiger partial charge in [-0.3, -0.25) is 0 Å². The largest absolute Gasteiger partial charge is 0.355 e. The predicted octanol–water partition coefficient (Wildman–Crippen LogP) is 8.71. The van der Waals surface area contributed by atoms with Gasteiger partial charge < -0.3 is 10.6 Å². The molecule has 2 heterocycles. The van der Waals surface area contributed by atoms with Gasteiger partial charge in [-0.05, 0) is 86.8 Å². The normalized spacial score (nSPS) is 12.7. The van der Waals surface area contributed by atoms with Crippen molar-refractivity contribution >= 4 is 77.8 Å². The van der Waals surface area contributed by atoms with Crippen molar-refractivity contribution in [3.63, 3.8) is 0 Å². The van der Waals surface area contributed by atoms with E-state index in [9.17, 15) is 0 Å². The Kier molecular flexibility index (Phi) is 9.44. The molecule has 0 aliphatic carbocycles. The fourth-order valence-electron chi connectivity index (χ4n) is 3.57. The fourth-order valence-corrected chi connectivity index (χ4v) is 5.01. The molecule has 0 aliphatic heterocycles. The van der Waals surface area contributed by atoms with E-state index < -0.39 is 0 Å². The van der Waals surface area contributed by atoms with Gasteiger partial charge >= 0.3 is 0 Å². The maximum atomic E-state index is 5.96. The van der Waals surface area contributed by atoms with Crippen molar-refractivity contribution in [2.45, 2.75) is 29.2 Å². The Balaban J connectivity index is 1.23. The van der Waals surface area contributed by atoms with Crippen molar-refractivity contribution in [1.29, 1.82) is 0 Å². The molecule has 0 spiro atoms. The number of hydrogen-bond acceptors (Lipinski definition) is 2. The van der Waals surface area contributed by atoms with Gasteiger partial charge in [0, 0.05) is 58.5 Å². The van der Waals surface area contributed by atoms with Gasteiger partial charge in [-0.25, -0.2) is 0 Å². The zero-order chi connectivity index (χ0) is 24.6. The summed E-state index contributed by atoms with van der Waals surface area (Å²) in [5.41, 5.74) is 4.10. The average Bonchev–Trinajstić information content (AvgIpc) is 2.87. The van der Waals surface area contributed by atoms with Gasteiger partial charge in [-0.15, -0.1) is 0 Å². The van der Waals surface area contributed by atoms with Gasteiger partial charge in [0.2, 0.25) is 9.90 Å². The number of hydrogen-bond donors (Lipinski definition) is 2. The molecule has 0 saturated heterocycles. The van der Waals surface area contributed by atoms with Crippen LogP contribution < -0.4 is 19.8 Å². The first kappa shape index (κ1) is 26.0. The summed E-state index contributed by atoms with van der Waals surface area (Å²) in [5.74, 6) is 0. The zero-order valence-electron chi connectivity index (χ0n) is 18.9. The van der Waals surface area contributed by atoms with E-state index >= 15 is 0 Å². The standard InChI is InChI=1S/C27H24Br2Cl2N4/c28-26(34-16-12-24(13-17-34)32-22-8-4-20(30)5-9-22)2-1-3-27(29)35-18-14-25(15-19-35)33-23-10-6-21(31)7-11-23/h4-19,26-27H,1-3H2/p+2. The van der Waals surface area contributed by atoms with Gasteiger partial charge in [-0.1, -0.05) is 23.2 Å². The Morgan fingerprint density at radius 1 is 0.543 bits per heavy atom. The van der Waals surface area contributed by atoms with Crippen LogP contribution >= 0.6 is 55.1 Å². The Hall–Kier alpha value is -2.12. The molecule has 2 aromatic heterocycles. The highest BCUT2D eigenvalue weighted by molar-refractivity contribution is 9.09. The van der Waals surface area contributed by atoms with Crippen molar-refractivity contribution in [1.82, 2.24) is 0 Å². The molecule has 0 saturated carbocycles. The summed E-state index contributed by atoms with van der Waals surface area (Å²) in [6.07, 6.45) is 11.5. The van der Waals surface area contributed by atoms with Gasteiger partial charge in [0.05, 0.1) is 11.4 Å². The van der Waals surface area contributed by atoms with Crippen LogP contribution in [-0.2, 0) is 0 Å². The lowest BCUT2D eigenvalue weighted by atomic mass is 10.2. The van der Waals surface area contributed by atoms with Crippen LogP contribution in [0, 0.1) is 0 Å². The molecular formula is C27H26Br2Cl2N4+2. The highest BCUT2D eigenvalue weighted by Crippen LogP contribution is 2.23. The van der Waals surface area contributed by atoms with Crippen LogP contribution in [0.5, 0.6) is 0 Å². The third-order valence-corrected chi connectivity index (χ3v) is 7.87. The first-order chi connectivity index (χ1) is 17.0. The third-order valence-electron chi connectivity index (χ3n) is 5.50. The number of nitrogens with zero attached hydrogens (tertiary/aromatic N) is 2. The van der Waals surface area contributed by atoms with Crippen molar-refractivity contribution in [3.05, 3.63) is 108 Å². The Morgan fingerprint density at radius 3 is 1.20 bits per heavy atom. The molecule has 2 N–H and O–H groups in total. The second-order valence-corrected chi connectivity index (χ2v) is 11.1. The highest BCUT2D eigenvalue weighted by atomic mass is 79.9. The molecule has 0 radical (unpaired) electrons. The minimum atomic E-state index is 0.239. The Morgan fingerprint density at radius 2 is 0.857 bits per heavy atom. The number of pyridine rings is 2. The van der Waals surface area contributed by atoms with Gasteiger partial charge in [0.1, 0.15) is 0 Å². The zero-order valence-corrected chi connectivity index (χ0v) is 23.6. The van der Waals surface area contributed by atoms with E-state index in [2.05, 4.69) is 101 Å². The van der Waals surface area contributed by atoms with E-state index in [1.165, 1.54) is 0 Å². The van der Waals surface area contributed by atoms with E-state index in [0.29, 0.717) is 0 Å². The summed E-state index contributed by atoms with van der Waals surface area (Å²) in [6.45, 7) is 0. The second kappa shape index (κ2) is 12.7. The number of anilines is 4. The number of halogens is 4. The Labute approximate surface area is 233 Å². The quantitative estimate of drug-likeness (QED) is 0.135. The van der Waals surface area contributed by atoms with Crippen LogP contribution in [0.1, 0.15) is 29.2 Å². The van der Waals surface area contributed by atoms with Crippen LogP contribution in [0.3, 0.4) is 0 Å². The lowest BCUT2D eigenvalue weighted by molar-refractivity contribution is -0.701. The summed E-state index contributed by atoms with van der Waals surface area (Å²) in [6, 6.07) is 23.7. The van der Waals surface area contributed by atoms with Crippen LogP contribution in [0.4, 0.5) is 22.7 Å². The van der Waals surface area contributed by atoms with E-state index in [-0.39, 0.29) is 9.90 Å². The van der Waals surface area contributed by atoms with Crippen molar-refractivity contribution in [2.75, 3.05) is 10.6 Å². The monoisotopic (exact) mass is 634 g/mol. The van der Waals surface area contributed by atoms with Crippen molar-refractivity contribution < 1.29 is 9.13 Å². The fraction of sp³-hybridized carbons (Fsp3) is 0.185. The smallest absolute Gasteiger partial charge is 0.212 e. The molecule has 2 atom stereocenters. The molecule has 0 fully saturated rings. The van der Waals surface area contributed by atoms with Crippen LogP contribution in [-0.4, -0.2) is 0 Å². The summed E-state index contributed by atoms with van der Waals surface area (Å²) < 4.78 is 4.36. The molecule has 0 bridgehead atoms. The number of rotatable bonds is 10. The molecular weight excluding hydrogens is 611 g/mol. The first-order valence-electron chi connectivity index (χ1n) is 11.3.